The minimum atomic E-state index is 0.0510. The summed E-state index contributed by atoms with van der Waals surface area (Å²) in [5, 5.41) is 0. The van der Waals surface area contributed by atoms with E-state index in [9.17, 15) is 0 Å². The molecule has 0 saturated heterocycles. The normalized spacial score (nSPS) is 19.4. The Morgan fingerprint density at radius 1 is 0.381 bits per heavy atom. The van der Waals surface area contributed by atoms with E-state index in [1.54, 1.807) is 0 Å². The van der Waals surface area contributed by atoms with E-state index in [0.29, 0.717) is 23.7 Å². The van der Waals surface area contributed by atoms with E-state index in [1.165, 1.54) is 44.5 Å². The largest absolute Gasteiger partial charge is 0.250 e. The van der Waals surface area contributed by atoms with Crippen LogP contribution in [0.15, 0.2) is 94.9 Å². The highest BCUT2D eigenvalue weighted by atomic mass is 14.9. The van der Waals surface area contributed by atoms with E-state index in [0.717, 1.165) is 22.8 Å². The second-order valence-electron chi connectivity index (χ2n) is 13.3. The molecule has 0 spiro atoms. The van der Waals surface area contributed by atoms with Crippen molar-refractivity contribution in [3.63, 3.8) is 0 Å². The zero-order valence-corrected chi connectivity index (χ0v) is 26.4. The van der Waals surface area contributed by atoms with Gasteiger partial charge in [-0.15, -0.1) is 0 Å². The monoisotopic (exact) mass is 552 g/mol. The molecule has 3 aliphatic rings. The lowest BCUT2D eigenvalue weighted by Gasteiger charge is -2.42. The minimum absolute atomic E-state index is 0.0510. The third-order valence-electron chi connectivity index (χ3n) is 9.19. The number of aliphatic imine (C=N–C) groups is 2. The first kappa shape index (κ1) is 28.3. The predicted octanol–water partition coefficient (Wildman–Crippen LogP) is 11.3. The lowest BCUT2D eigenvalue weighted by Crippen LogP contribution is -2.41. The Bertz CT molecular complexity index is 1470. The van der Waals surface area contributed by atoms with E-state index in [1.807, 2.05) is 0 Å². The highest BCUT2D eigenvalue weighted by Crippen LogP contribution is 2.52. The van der Waals surface area contributed by atoms with Gasteiger partial charge < -0.3 is 0 Å². The number of benzene rings is 4. The molecule has 7 rings (SSSR count). The van der Waals surface area contributed by atoms with Crippen molar-refractivity contribution in [1.82, 2.24) is 0 Å². The average Bonchev–Trinajstić information content (AvgIpc) is 2.97. The summed E-state index contributed by atoms with van der Waals surface area (Å²) < 4.78 is 0. The van der Waals surface area contributed by atoms with Crippen LogP contribution in [0.2, 0.25) is 0 Å². The van der Waals surface area contributed by atoms with Gasteiger partial charge in [-0.05, 0) is 68.2 Å². The van der Waals surface area contributed by atoms with Gasteiger partial charge in [-0.25, -0.2) is 9.98 Å². The van der Waals surface area contributed by atoms with Crippen molar-refractivity contribution in [2.45, 2.75) is 90.9 Å². The number of rotatable bonds is 6. The molecule has 4 aromatic carbocycles. The number of hydrogen-bond acceptors (Lipinski definition) is 2. The zero-order valence-electron chi connectivity index (χ0n) is 26.4. The van der Waals surface area contributed by atoms with E-state index in [-0.39, 0.29) is 11.8 Å². The highest BCUT2D eigenvalue weighted by molar-refractivity contribution is 6.50. The molecule has 0 radical (unpaired) electrons. The van der Waals surface area contributed by atoms with Crippen LogP contribution in [0.5, 0.6) is 0 Å². The van der Waals surface area contributed by atoms with E-state index >= 15 is 0 Å². The molecule has 0 N–H and O–H groups in total. The van der Waals surface area contributed by atoms with Gasteiger partial charge in [0, 0.05) is 0 Å². The second-order valence-corrected chi connectivity index (χ2v) is 13.3. The fraction of sp³-hybridized carbons (Fsp3) is 0.350. The summed E-state index contributed by atoms with van der Waals surface area (Å²) in [7, 11) is 0. The smallest absolute Gasteiger partial charge is 0.0754 e. The van der Waals surface area contributed by atoms with Crippen molar-refractivity contribution in [1.29, 1.82) is 0 Å². The van der Waals surface area contributed by atoms with Crippen LogP contribution in [0.25, 0.3) is 0 Å². The van der Waals surface area contributed by atoms with Crippen molar-refractivity contribution in [3.05, 3.63) is 129 Å². The third-order valence-corrected chi connectivity index (χ3v) is 9.19. The SMILES string of the molecule is CC(C)c1cccc(C(C)C)c1N=C1C(=Nc2c(C(C)C)cccc2C(C)C)C2c3ccccc3C1c1ccccc12. The fourth-order valence-corrected chi connectivity index (χ4v) is 7.06. The molecule has 0 fully saturated rings. The Balaban J connectivity index is 1.74. The Morgan fingerprint density at radius 3 is 0.881 bits per heavy atom. The number of para-hydroxylation sites is 2. The van der Waals surface area contributed by atoms with Crippen LogP contribution in [0.3, 0.4) is 0 Å². The maximum Gasteiger partial charge on any atom is 0.0754 e. The van der Waals surface area contributed by atoms with Gasteiger partial charge in [-0.2, -0.15) is 0 Å². The lowest BCUT2D eigenvalue weighted by atomic mass is 9.61. The Kier molecular flexibility index (Phi) is 7.51. The van der Waals surface area contributed by atoms with Crippen LogP contribution < -0.4 is 0 Å². The molecule has 0 saturated carbocycles. The molecule has 0 aromatic heterocycles. The van der Waals surface area contributed by atoms with Gasteiger partial charge in [0.05, 0.1) is 34.6 Å². The molecule has 0 amide bonds. The molecular weight excluding hydrogens is 508 g/mol. The van der Waals surface area contributed by atoms with E-state index in [4.69, 9.17) is 9.98 Å². The Morgan fingerprint density at radius 2 is 0.643 bits per heavy atom. The van der Waals surface area contributed by atoms with Gasteiger partial charge in [-0.3, -0.25) is 0 Å². The highest BCUT2D eigenvalue weighted by Gasteiger charge is 2.46. The summed E-state index contributed by atoms with van der Waals surface area (Å²) in [4.78, 5) is 11.5. The first-order chi connectivity index (χ1) is 20.2. The Labute approximate surface area is 252 Å². The summed E-state index contributed by atoms with van der Waals surface area (Å²) >= 11 is 0. The summed E-state index contributed by atoms with van der Waals surface area (Å²) in [5.74, 6) is 1.59. The zero-order chi connectivity index (χ0) is 29.7. The summed E-state index contributed by atoms with van der Waals surface area (Å²) in [6, 6.07) is 31.5. The van der Waals surface area contributed by atoms with E-state index in [2.05, 4.69) is 140 Å². The molecule has 42 heavy (non-hydrogen) atoms. The number of hydrogen-bond donors (Lipinski definition) is 0. The van der Waals surface area contributed by atoms with Crippen LogP contribution in [0.1, 0.15) is 135 Å². The predicted molar refractivity (Wildman–Crippen MR) is 180 cm³/mol. The molecule has 2 heteroatoms. The summed E-state index contributed by atoms with van der Waals surface area (Å²) in [6.07, 6.45) is 0. The van der Waals surface area contributed by atoms with Crippen LogP contribution in [0.4, 0.5) is 11.4 Å². The molecule has 0 aliphatic heterocycles. The Hall–Kier alpha value is -3.78. The van der Waals surface area contributed by atoms with Crippen LogP contribution in [0, 0.1) is 0 Å². The van der Waals surface area contributed by atoms with Gasteiger partial charge in [0.15, 0.2) is 0 Å². The maximum atomic E-state index is 5.75. The van der Waals surface area contributed by atoms with Gasteiger partial charge >= 0.3 is 0 Å². The second kappa shape index (κ2) is 11.1. The molecule has 0 atom stereocenters. The molecular formula is C40H44N2. The molecule has 0 heterocycles. The van der Waals surface area contributed by atoms with Gasteiger partial charge in [-0.1, -0.05) is 140 Å². The number of nitrogens with zero attached hydrogens (tertiary/aromatic N) is 2. The van der Waals surface area contributed by atoms with Crippen molar-refractivity contribution < 1.29 is 0 Å². The molecule has 214 valence electrons. The first-order valence-electron chi connectivity index (χ1n) is 15.8. The van der Waals surface area contributed by atoms with Gasteiger partial charge in [0.25, 0.3) is 0 Å². The van der Waals surface area contributed by atoms with Gasteiger partial charge in [0.1, 0.15) is 0 Å². The van der Waals surface area contributed by atoms with Crippen molar-refractivity contribution in [3.8, 4) is 0 Å². The topological polar surface area (TPSA) is 24.7 Å². The minimum Gasteiger partial charge on any atom is -0.250 e. The number of fused-ring (bicyclic) bond motifs is 1. The van der Waals surface area contributed by atoms with Crippen LogP contribution in [-0.4, -0.2) is 11.4 Å². The average molecular weight is 553 g/mol. The summed E-state index contributed by atoms with van der Waals surface area (Å²) in [5.41, 5.74) is 15.2. The molecule has 4 aromatic rings. The lowest BCUT2D eigenvalue weighted by molar-refractivity contribution is 0.828. The molecule has 0 unspecified atom stereocenters. The van der Waals surface area contributed by atoms with Crippen molar-refractivity contribution in [2.75, 3.05) is 0 Å². The summed E-state index contributed by atoms with van der Waals surface area (Å²) in [6.45, 7) is 18.3. The standard InChI is InChI=1S/C40H44N2/c1-23(2)27-19-13-20-28(24(3)4)37(27)41-39-35-31-15-9-11-17-33(31)36(34-18-12-10-16-32(34)35)40(39)42-38-29(25(5)6)21-14-22-30(38)26(7)8/h9-26,35-36H,1-8H3. The fourth-order valence-electron chi connectivity index (χ4n) is 7.06. The van der Waals surface area contributed by atoms with E-state index < -0.39 is 0 Å². The van der Waals surface area contributed by atoms with Gasteiger partial charge in [0.2, 0.25) is 0 Å². The molecule has 2 bridgehead atoms. The third kappa shape index (κ3) is 4.66. The van der Waals surface area contributed by atoms with Crippen LogP contribution >= 0.6 is 0 Å². The molecule has 2 nitrogen and oxygen atoms in total. The van der Waals surface area contributed by atoms with Crippen molar-refractivity contribution >= 4 is 22.8 Å². The maximum absolute atomic E-state index is 5.75. The molecule has 3 aliphatic carbocycles. The van der Waals surface area contributed by atoms with Crippen molar-refractivity contribution in [2.24, 2.45) is 9.98 Å². The van der Waals surface area contributed by atoms with Crippen LogP contribution in [-0.2, 0) is 0 Å². The first-order valence-corrected chi connectivity index (χ1v) is 15.8. The quantitative estimate of drug-likeness (QED) is 0.227.